The first-order valence-electron chi connectivity index (χ1n) is 11.2. The second-order valence-electron chi connectivity index (χ2n) is 8.24. The summed E-state index contributed by atoms with van der Waals surface area (Å²) in [5.41, 5.74) is 4.47. The topological polar surface area (TPSA) is 32.2 Å². The predicted octanol–water partition coefficient (Wildman–Crippen LogP) is 4.45. The number of fused-ring (bicyclic) bond motifs is 1. The molecular weight excluding hydrogens is 387 g/mol. The number of benzene rings is 2. The van der Waals surface area contributed by atoms with E-state index in [9.17, 15) is 4.39 Å². The minimum absolute atomic E-state index is 0.231. The van der Waals surface area contributed by atoms with Crippen molar-refractivity contribution >= 4 is 16.6 Å². The number of aryl methyl sites for hydroxylation is 1. The summed E-state index contributed by atoms with van der Waals surface area (Å²) in [5.74, 6) is 6.30. The van der Waals surface area contributed by atoms with Crippen molar-refractivity contribution in [2.45, 2.75) is 38.9 Å². The Balaban J connectivity index is 1.46. The van der Waals surface area contributed by atoms with Crippen LogP contribution >= 0.6 is 0 Å². The Morgan fingerprint density at radius 2 is 1.87 bits per heavy atom. The van der Waals surface area contributed by atoms with Crippen LogP contribution in [0.2, 0.25) is 0 Å². The quantitative estimate of drug-likeness (QED) is 0.580. The van der Waals surface area contributed by atoms with E-state index in [4.69, 9.17) is 0 Å². The maximum Gasteiger partial charge on any atom is 0.123 e. The number of halogens is 1. The second kappa shape index (κ2) is 10.00. The first-order valence-corrected chi connectivity index (χ1v) is 11.2. The molecule has 0 atom stereocenters. The number of aromatic nitrogens is 1. The van der Waals surface area contributed by atoms with Crippen LogP contribution in [0.4, 0.5) is 10.1 Å². The van der Waals surface area contributed by atoms with Gasteiger partial charge >= 0.3 is 0 Å². The second-order valence-corrected chi connectivity index (χ2v) is 8.24. The van der Waals surface area contributed by atoms with Gasteiger partial charge < -0.3 is 20.1 Å². The highest BCUT2D eigenvalue weighted by Gasteiger charge is 2.16. The van der Waals surface area contributed by atoms with Gasteiger partial charge in [0.15, 0.2) is 0 Å². The summed E-state index contributed by atoms with van der Waals surface area (Å²) in [7, 11) is 2.20. The van der Waals surface area contributed by atoms with E-state index in [0.717, 1.165) is 24.5 Å². The Kier molecular flexibility index (Phi) is 6.91. The number of rotatable bonds is 6. The molecule has 1 aromatic heterocycles. The van der Waals surface area contributed by atoms with Crippen molar-refractivity contribution in [1.82, 2.24) is 14.8 Å². The summed E-state index contributed by atoms with van der Waals surface area (Å²) < 4.78 is 15.3. The lowest BCUT2D eigenvalue weighted by Gasteiger charge is -2.29. The Hall–Kier alpha value is -2.81. The molecule has 0 radical (unpaired) electrons. The summed E-state index contributed by atoms with van der Waals surface area (Å²) in [6, 6.07) is 15.7. The Bertz CT molecular complexity index is 1070. The standard InChI is InChI=1S/C26H31FN4/c1-3-31-24(7-5-15-28-22-11-9-21(27)10-12-22)18-25-20(6-4-8-26(25)31)19-29-23-13-16-30(2)17-14-23/h4,6,8-12,18,23,28-29H,3,13-17,19H2,1-2H3. The average Bonchev–Trinajstić information content (AvgIpc) is 3.15. The zero-order valence-corrected chi connectivity index (χ0v) is 18.4. The van der Waals surface area contributed by atoms with Crippen LogP contribution in [0.3, 0.4) is 0 Å². The van der Waals surface area contributed by atoms with Gasteiger partial charge in [0.1, 0.15) is 5.82 Å². The first-order chi connectivity index (χ1) is 15.1. The molecule has 0 unspecified atom stereocenters. The van der Waals surface area contributed by atoms with Gasteiger partial charge in [-0.2, -0.15) is 0 Å². The molecule has 1 saturated heterocycles. The molecule has 0 amide bonds. The van der Waals surface area contributed by atoms with E-state index in [0.29, 0.717) is 12.6 Å². The first kappa shape index (κ1) is 21.4. The number of hydrogen-bond donors (Lipinski definition) is 2. The van der Waals surface area contributed by atoms with E-state index in [2.05, 4.69) is 70.2 Å². The molecule has 31 heavy (non-hydrogen) atoms. The molecule has 4 nitrogen and oxygen atoms in total. The Labute approximate surface area is 184 Å². The molecule has 4 rings (SSSR count). The van der Waals surface area contributed by atoms with Crippen LogP contribution < -0.4 is 10.6 Å². The van der Waals surface area contributed by atoms with Crippen molar-refractivity contribution in [2.75, 3.05) is 32.0 Å². The number of nitrogens with one attached hydrogen (secondary N) is 2. The molecule has 2 heterocycles. The van der Waals surface area contributed by atoms with Crippen LogP contribution in [0.5, 0.6) is 0 Å². The van der Waals surface area contributed by atoms with Gasteiger partial charge in [0.25, 0.3) is 0 Å². The largest absolute Gasteiger partial charge is 0.374 e. The van der Waals surface area contributed by atoms with Crippen LogP contribution in [0, 0.1) is 17.7 Å². The highest BCUT2D eigenvalue weighted by atomic mass is 19.1. The molecule has 0 aliphatic carbocycles. The summed E-state index contributed by atoms with van der Waals surface area (Å²) in [6.07, 6.45) is 2.42. The van der Waals surface area contributed by atoms with E-state index in [1.165, 1.54) is 54.5 Å². The van der Waals surface area contributed by atoms with Gasteiger partial charge in [-0.05, 0) is 87.8 Å². The van der Waals surface area contributed by atoms with Crippen molar-refractivity contribution in [3.63, 3.8) is 0 Å². The highest BCUT2D eigenvalue weighted by Crippen LogP contribution is 2.24. The molecule has 1 aliphatic rings. The van der Waals surface area contributed by atoms with Gasteiger partial charge in [-0.3, -0.25) is 0 Å². The van der Waals surface area contributed by atoms with Crippen molar-refractivity contribution in [3.8, 4) is 11.8 Å². The van der Waals surface area contributed by atoms with Crippen molar-refractivity contribution in [2.24, 2.45) is 0 Å². The van der Waals surface area contributed by atoms with E-state index in [-0.39, 0.29) is 5.82 Å². The Morgan fingerprint density at radius 1 is 1.10 bits per heavy atom. The molecule has 0 saturated carbocycles. The molecule has 0 spiro atoms. The lowest BCUT2D eigenvalue weighted by Crippen LogP contribution is -2.40. The molecule has 2 aromatic carbocycles. The Morgan fingerprint density at radius 3 is 2.61 bits per heavy atom. The molecule has 5 heteroatoms. The van der Waals surface area contributed by atoms with Crippen LogP contribution in [-0.2, 0) is 13.1 Å². The number of likely N-dealkylation sites (tertiary alicyclic amines) is 1. The SMILES string of the molecule is CCn1c(C#CCNc2ccc(F)cc2)cc2c(CNC3CCN(C)CC3)cccc21. The minimum Gasteiger partial charge on any atom is -0.374 e. The lowest BCUT2D eigenvalue weighted by molar-refractivity contribution is 0.234. The molecule has 1 aliphatic heterocycles. The normalized spacial score (nSPS) is 15.1. The van der Waals surface area contributed by atoms with Crippen LogP contribution in [0.25, 0.3) is 10.9 Å². The van der Waals surface area contributed by atoms with E-state index in [1.54, 1.807) is 12.1 Å². The fourth-order valence-corrected chi connectivity index (χ4v) is 4.26. The number of nitrogens with zero attached hydrogens (tertiary/aromatic N) is 2. The molecule has 2 N–H and O–H groups in total. The third-order valence-corrected chi connectivity index (χ3v) is 6.09. The third kappa shape index (κ3) is 5.28. The van der Waals surface area contributed by atoms with Crippen LogP contribution in [0.1, 0.15) is 31.0 Å². The van der Waals surface area contributed by atoms with Gasteiger partial charge in [-0.25, -0.2) is 4.39 Å². The fraction of sp³-hybridized carbons (Fsp3) is 0.385. The van der Waals surface area contributed by atoms with Gasteiger partial charge in [0.05, 0.1) is 12.2 Å². The summed E-state index contributed by atoms with van der Waals surface area (Å²) >= 11 is 0. The van der Waals surface area contributed by atoms with Crippen molar-refractivity contribution in [3.05, 3.63) is 65.6 Å². The van der Waals surface area contributed by atoms with E-state index in [1.807, 2.05) is 0 Å². The third-order valence-electron chi connectivity index (χ3n) is 6.09. The number of piperidine rings is 1. The zero-order chi connectivity index (χ0) is 21.6. The molecule has 162 valence electrons. The summed E-state index contributed by atoms with van der Waals surface area (Å²) in [5, 5.41) is 8.26. The van der Waals surface area contributed by atoms with Crippen LogP contribution in [0.15, 0.2) is 48.5 Å². The maximum atomic E-state index is 13.0. The van der Waals surface area contributed by atoms with Crippen molar-refractivity contribution < 1.29 is 4.39 Å². The molecule has 0 bridgehead atoms. The molecule has 3 aromatic rings. The number of anilines is 1. The van der Waals surface area contributed by atoms with Gasteiger partial charge in [-0.15, -0.1) is 0 Å². The number of hydrogen-bond acceptors (Lipinski definition) is 3. The fourth-order valence-electron chi connectivity index (χ4n) is 4.26. The summed E-state index contributed by atoms with van der Waals surface area (Å²) in [6.45, 7) is 6.77. The highest BCUT2D eigenvalue weighted by molar-refractivity contribution is 5.85. The smallest absolute Gasteiger partial charge is 0.123 e. The van der Waals surface area contributed by atoms with E-state index < -0.39 is 0 Å². The monoisotopic (exact) mass is 418 g/mol. The average molecular weight is 419 g/mol. The predicted molar refractivity (Wildman–Crippen MR) is 127 cm³/mol. The van der Waals surface area contributed by atoms with Crippen molar-refractivity contribution in [1.29, 1.82) is 0 Å². The lowest BCUT2D eigenvalue weighted by atomic mass is 10.0. The van der Waals surface area contributed by atoms with E-state index >= 15 is 0 Å². The summed E-state index contributed by atoms with van der Waals surface area (Å²) in [4.78, 5) is 2.40. The molecular formula is C26H31FN4. The van der Waals surface area contributed by atoms with Gasteiger partial charge in [0, 0.05) is 35.7 Å². The van der Waals surface area contributed by atoms with Gasteiger partial charge in [0.2, 0.25) is 0 Å². The van der Waals surface area contributed by atoms with Crippen LogP contribution in [-0.4, -0.2) is 42.2 Å². The van der Waals surface area contributed by atoms with Gasteiger partial charge in [-0.1, -0.05) is 18.1 Å². The zero-order valence-electron chi connectivity index (χ0n) is 18.4. The minimum atomic E-state index is -0.231. The maximum absolute atomic E-state index is 13.0. The molecule has 1 fully saturated rings.